The maximum atomic E-state index is 12.3. The smallest absolute Gasteiger partial charge is 0.249 e. The highest BCUT2D eigenvalue weighted by atomic mass is 16.7. The molecule has 2 rings (SSSR count). The van der Waals surface area contributed by atoms with E-state index in [-0.39, 0.29) is 26.0 Å². The van der Waals surface area contributed by atoms with Crippen molar-refractivity contribution in [3.63, 3.8) is 0 Å². The number of aliphatic hydroxyl groups excluding tert-OH is 3. The summed E-state index contributed by atoms with van der Waals surface area (Å²) in [6, 6.07) is -2.14. The molecule has 0 bridgehead atoms. The second-order valence-corrected chi connectivity index (χ2v) is 8.19. The summed E-state index contributed by atoms with van der Waals surface area (Å²) in [5.41, 5.74) is 10.1. The third-order valence-electron chi connectivity index (χ3n) is 5.79. The van der Waals surface area contributed by atoms with Gasteiger partial charge in [0.1, 0.15) is 36.1 Å². The molecule has 0 aromatic rings. The fraction of sp³-hybridized carbons (Fsp3) is 0.944. The lowest BCUT2D eigenvalue weighted by Crippen LogP contribution is -2.69. The van der Waals surface area contributed by atoms with Gasteiger partial charge in [-0.15, -0.1) is 0 Å². The van der Waals surface area contributed by atoms with Crippen LogP contribution in [0.15, 0.2) is 0 Å². The lowest BCUT2D eigenvalue weighted by atomic mass is 9.83. The topological polar surface area (TPSA) is 202 Å². The molecule has 12 heteroatoms. The summed E-state index contributed by atoms with van der Waals surface area (Å²) in [4.78, 5) is 12.3. The summed E-state index contributed by atoms with van der Waals surface area (Å²) in [5.74, 6) is -0.671. The zero-order valence-corrected chi connectivity index (χ0v) is 17.6. The Morgan fingerprint density at radius 3 is 2.57 bits per heavy atom. The fourth-order valence-corrected chi connectivity index (χ4v) is 4.16. The van der Waals surface area contributed by atoms with Gasteiger partial charge in [-0.2, -0.15) is 0 Å². The average molecular weight is 437 g/mol. The second kappa shape index (κ2) is 10.6. The number of hydrogen-bond acceptors (Lipinski definition) is 11. The Hall–Kier alpha value is -0.930. The lowest BCUT2D eigenvalue weighted by molar-refractivity contribution is -0.298. The molecule has 176 valence electrons. The number of hydrogen-bond donors (Lipinski definition) is 8. The van der Waals surface area contributed by atoms with Crippen molar-refractivity contribution in [2.24, 2.45) is 11.5 Å². The first-order valence-corrected chi connectivity index (χ1v) is 10.1. The van der Waals surface area contributed by atoms with Crippen LogP contribution in [0, 0.1) is 0 Å². The van der Waals surface area contributed by atoms with Gasteiger partial charge in [-0.1, -0.05) is 0 Å². The molecule has 2 fully saturated rings. The maximum Gasteiger partial charge on any atom is 0.249 e. The van der Waals surface area contributed by atoms with E-state index in [9.17, 15) is 25.2 Å². The summed E-state index contributed by atoms with van der Waals surface area (Å²) in [5, 5.41) is 47.2. The van der Waals surface area contributed by atoms with E-state index in [4.69, 9.17) is 25.7 Å². The van der Waals surface area contributed by atoms with Crippen molar-refractivity contribution in [3.8, 4) is 0 Å². The van der Waals surface area contributed by atoms with Crippen LogP contribution in [0.3, 0.4) is 0 Å². The van der Waals surface area contributed by atoms with Crippen molar-refractivity contribution in [2.75, 3.05) is 27.3 Å². The highest BCUT2D eigenvalue weighted by molar-refractivity contribution is 5.80. The Kier molecular flexibility index (Phi) is 8.94. The van der Waals surface area contributed by atoms with Crippen molar-refractivity contribution in [1.82, 2.24) is 10.6 Å². The molecular formula is C18H36N4O8. The maximum absolute atomic E-state index is 12.3. The molecule has 1 saturated carbocycles. The number of nitrogens with two attached hydrogens (primary N) is 2. The van der Waals surface area contributed by atoms with Gasteiger partial charge in [-0.05, 0) is 33.4 Å². The minimum Gasteiger partial charge on any atom is -0.388 e. The number of amides is 1. The summed E-state index contributed by atoms with van der Waals surface area (Å²) >= 11 is 0. The van der Waals surface area contributed by atoms with E-state index in [1.807, 2.05) is 0 Å². The van der Waals surface area contributed by atoms with Crippen molar-refractivity contribution in [1.29, 1.82) is 0 Å². The standard InChI is InChI=1S/C18H36N4O8/c1-18(27)7-29-17(12(25)15(18)21-2)30-14-9(22-16(26)10(23)4-5-19)6-8(20)13(28-3)11(14)24/h8-15,17,21,23-25,27H,4-7,19-20H2,1-3H3,(H,22,26)/t8-,9+,10-,11-,12+,13+,14-,15+,17+,18-/m0/s1. The van der Waals surface area contributed by atoms with Gasteiger partial charge < -0.3 is 56.7 Å². The average Bonchev–Trinajstić information content (AvgIpc) is 2.66. The van der Waals surface area contributed by atoms with Crippen molar-refractivity contribution in [2.45, 2.75) is 80.3 Å². The Bertz CT molecular complexity index is 568. The van der Waals surface area contributed by atoms with Crippen LogP contribution in [0.5, 0.6) is 0 Å². The number of rotatable bonds is 8. The predicted molar refractivity (Wildman–Crippen MR) is 105 cm³/mol. The number of nitrogens with one attached hydrogen (secondary N) is 2. The van der Waals surface area contributed by atoms with Crippen LogP contribution in [0.25, 0.3) is 0 Å². The van der Waals surface area contributed by atoms with Gasteiger partial charge in [0.15, 0.2) is 6.29 Å². The molecule has 30 heavy (non-hydrogen) atoms. The number of carbonyl (C=O) groups is 1. The third kappa shape index (κ3) is 5.46. The third-order valence-corrected chi connectivity index (χ3v) is 5.79. The molecule has 0 aromatic carbocycles. The second-order valence-electron chi connectivity index (χ2n) is 8.19. The molecule has 10 N–H and O–H groups in total. The molecule has 10 atom stereocenters. The van der Waals surface area contributed by atoms with Crippen LogP contribution >= 0.6 is 0 Å². The molecule has 1 aliphatic carbocycles. The molecule has 12 nitrogen and oxygen atoms in total. The van der Waals surface area contributed by atoms with Crippen LogP contribution in [0.1, 0.15) is 19.8 Å². The fourth-order valence-electron chi connectivity index (χ4n) is 4.16. The summed E-state index contributed by atoms with van der Waals surface area (Å²) in [7, 11) is 2.98. The minimum atomic E-state index is -1.34. The van der Waals surface area contributed by atoms with Gasteiger partial charge in [0, 0.05) is 13.2 Å². The van der Waals surface area contributed by atoms with Crippen molar-refractivity contribution >= 4 is 5.91 Å². The molecular weight excluding hydrogens is 400 g/mol. The van der Waals surface area contributed by atoms with Gasteiger partial charge >= 0.3 is 0 Å². The van der Waals surface area contributed by atoms with Crippen LogP contribution < -0.4 is 22.1 Å². The number of methoxy groups -OCH3 is 1. The molecule has 1 amide bonds. The van der Waals surface area contributed by atoms with Crippen LogP contribution in [-0.4, -0.2) is 114 Å². The Morgan fingerprint density at radius 2 is 2.00 bits per heavy atom. The number of likely N-dealkylation sites (N-methyl/N-ethyl adjacent to an activating group) is 1. The highest BCUT2D eigenvalue weighted by Gasteiger charge is 2.50. The zero-order valence-electron chi connectivity index (χ0n) is 17.6. The van der Waals surface area contributed by atoms with Crippen LogP contribution in [-0.2, 0) is 19.0 Å². The van der Waals surface area contributed by atoms with E-state index in [1.54, 1.807) is 7.05 Å². The SMILES string of the molecule is CN[C@@H]1[C@@H](O)[C@@H](O[C@@H]2[C@@H](O)[C@H](OC)[C@@H](N)C[C@H]2NC(=O)[C@@H](O)CCN)OC[C@]1(C)O. The van der Waals surface area contributed by atoms with Gasteiger partial charge in [0.25, 0.3) is 0 Å². The molecule has 0 radical (unpaired) electrons. The molecule has 1 heterocycles. The van der Waals surface area contributed by atoms with Gasteiger partial charge in [0.2, 0.25) is 5.91 Å². The number of carbonyl (C=O) groups excluding carboxylic acids is 1. The van der Waals surface area contributed by atoms with Crippen LogP contribution in [0.4, 0.5) is 0 Å². The van der Waals surface area contributed by atoms with E-state index >= 15 is 0 Å². The summed E-state index contributed by atoms with van der Waals surface area (Å²) in [6.45, 7) is 1.52. The lowest BCUT2D eigenvalue weighted by Gasteiger charge is -2.48. The number of ether oxygens (including phenoxy) is 3. The molecule has 0 unspecified atom stereocenters. The van der Waals surface area contributed by atoms with E-state index in [1.165, 1.54) is 14.0 Å². The molecule has 0 aromatic heterocycles. The van der Waals surface area contributed by atoms with Gasteiger partial charge in [-0.3, -0.25) is 4.79 Å². The van der Waals surface area contributed by atoms with Gasteiger partial charge in [0.05, 0.1) is 18.7 Å². The predicted octanol–water partition coefficient (Wildman–Crippen LogP) is -4.27. The molecule has 1 saturated heterocycles. The Labute approximate surface area is 175 Å². The highest BCUT2D eigenvalue weighted by Crippen LogP contribution is 2.30. The molecule has 1 aliphatic heterocycles. The number of aliphatic hydroxyl groups is 4. The summed E-state index contributed by atoms with van der Waals surface area (Å²) in [6.07, 6.45) is -6.58. The van der Waals surface area contributed by atoms with E-state index in [2.05, 4.69) is 10.6 Å². The zero-order chi connectivity index (χ0) is 22.6. The first kappa shape index (κ1) is 25.3. The Balaban J connectivity index is 2.19. The van der Waals surface area contributed by atoms with E-state index < -0.39 is 66.4 Å². The van der Waals surface area contributed by atoms with Crippen LogP contribution in [0.2, 0.25) is 0 Å². The summed E-state index contributed by atoms with van der Waals surface area (Å²) < 4.78 is 16.7. The monoisotopic (exact) mass is 436 g/mol. The Morgan fingerprint density at radius 1 is 1.33 bits per heavy atom. The quantitative estimate of drug-likeness (QED) is 0.183. The largest absolute Gasteiger partial charge is 0.388 e. The van der Waals surface area contributed by atoms with E-state index in [0.29, 0.717) is 0 Å². The molecule has 0 spiro atoms. The molecule has 2 aliphatic rings. The van der Waals surface area contributed by atoms with Crippen molar-refractivity contribution < 1.29 is 39.4 Å². The normalized spacial score (nSPS) is 43.2. The van der Waals surface area contributed by atoms with E-state index in [0.717, 1.165) is 0 Å². The van der Waals surface area contributed by atoms with Gasteiger partial charge in [-0.25, -0.2) is 0 Å². The first-order chi connectivity index (χ1) is 14.1. The first-order valence-electron chi connectivity index (χ1n) is 10.1. The minimum absolute atomic E-state index is 0.0722. The van der Waals surface area contributed by atoms with Crippen molar-refractivity contribution in [3.05, 3.63) is 0 Å².